The highest BCUT2D eigenvalue weighted by atomic mass is 16.6. The maximum atomic E-state index is 12.3. The van der Waals surface area contributed by atoms with E-state index in [1.807, 2.05) is 18.9 Å². The third-order valence-corrected chi connectivity index (χ3v) is 34.0. The number of esters is 3. The van der Waals surface area contributed by atoms with Crippen molar-refractivity contribution >= 4 is 41.5 Å². The van der Waals surface area contributed by atoms with E-state index in [1.165, 1.54) is 236 Å². The second-order valence-corrected chi connectivity index (χ2v) is 42.1. The number of hydrogen-bond donors (Lipinski definition) is 2. The fraction of sp³-hybridized carbons (Fsp3) is 0.784. The van der Waals surface area contributed by atoms with Crippen molar-refractivity contribution in [2.45, 2.75) is 301 Å². The van der Waals surface area contributed by atoms with Crippen LogP contribution in [0.2, 0.25) is 0 Å². The molecule has 0 aromatic heterocycles. The van der Waals surface area contributed by atoms with Crippen molar-refractivity contribution in [3.05, 3.63) is 87.1 Å². The van der Waals surface area contributed by atoms with Gasteiger partial charge in [-0.25, -0.2) is 14.4 Å². The molecule has 28 aliphatic rings. The molecule has 28 fully saturated rings. The van der Waals surface area contributed by atoms with Gasteiger partial charge < -0.3 is 34.6 Å². The summed E-state index contributed by atoms with van der Waals surface area (Å²) in [6, 6.07) is 1.95. The molecule has 0 radical (unpaired) electrons. The van der Waals surface area contributed by atoms with Gasteiger partial charge >= 0.3 is 17.9 Å². The Labute approximate surface area is 667 Å². The minimum absolute atomic E-state index is 0.0208. The molecular formula is C97H142N4O10. The van der Waals surface area contributed by atoms with Crippen molar-refractivity contribution in [3.63, 3.8) is 0 Å². The topological polar surface area (TPSA) is 178 Å². The molecule has 0 aromatic rings. The van der Waals surface area contributed by atoms with Crippen LogP contribution in [0.15, 0.2) is 87.1 Å². The summed E-state index contributed by atoms with van der Waals surface area (Å²) in [5.41, 5.74) is 1.79. The Morgan fingerprint density at radius 1 is 0.360 bits per heavy atom. The first-order valence-corrected chi connectivity index (χ1v) is 45.6. The molecule has 14 nitrogen and oxygen atoms in total. The fourth-order valence-electron chi connectivity index (χ4n) is 31.7. The minimum atomic E-state index is -0.229. The van der Waals surface area contributed by atoms with Gasteiger partial charge in [0.1, 0.15) is 17.8 Å². The molecule has 0 aromatic carbocycles. The summed E-state index contributed by atoms with van der Waals surface area (Å²) in [7, 11) is 1.97. The summed E-state index contributed by atoms with van der Waals surface area (Å²) in [5.74, 6) is 22.6. The van der Waals surface area contributed by atoms with Gasteiger partial charge in [0.2, 0.25) is 23.6 Å². The van der Waals surface area contributed by atoms with E-state index in [0.29, 0.717) is 64.6 Å². The van der Waals surface area contributed by atoms with Crippen LogP contribution < -0.4 is 10.6 Å². The van der Waals surface area contributed by atoms with Crippen molar-refractivity contribution in [1.82, 2.24) is 20.4 Å². The van der Waals surface area contributed by atoms with Gasteiger partial charge in [-0.05, 0) is 431 Å². The molecular weight excluding hydrogens is 1380 g/mol. The van der Waals surface area contributed by atoms with Crippen LogP contribution in [0.3, 0.4) is 0 Å². The molecule has 0 unspecified atom stereocenters. The zero-order valence-electron chi connectivity index (χ0n) is 69.0. The number of hydrogen-bond acceptors (Lipinski definition) is 10. The van der Waals surface area contributed by atoms with Crippen molar-refractivity contribution < 1.29 is 47.8 Å². The van der Waals surface area contributed by atoms with Gasteiger partial charge in [-0.15, -0.1) is 0 Å². The molecule has 610 valence electrons. The van der Waals surface area contributed by atoms with Crippen LogP contribution >= 0.6 is 0 Å². The summed E-state index contributed by atoms with van der Waals surface area (Å²) >= 11 is 0. The van der Waals surface area contributed by atoms with Crippen molar-refractivity contribution in [3.8, 4) is 0 Å². The van der Waals surface area contributed by atoms with Crippen LogP contribution in [-0.2, 0) is 47.8 Å². The second kappa shape index (κ2) is 34.0. The van der Waals surface area contributed by atoms with E-state index in [0.717, 1.165) is 162 Å². The predicted octanol–water partition coefficient (Wildman–Crippen LogP) is 18.5. The Kier molecular flexibility index (Phi) is 24.7. The van der Waals surface area contributed by atoms with E-state index in [1.54, 1.807) is 13.8 Å². The standard InChI is InChI=1S/C16H25NO.2C14H21NO.C14H20O2.C13H19NO.2C13H18O2/c1-4-17(16(18)10(2)3)15-13-6-11-5-12(8-13)9-14(15)7-11;1-8(2)14(16)15-13-11-4-9-3-10(6-11)7-12(13)5-9;1-3-13(16)15(2)14-11-5-9-4-10(7-11)8-12(14)6-9;1-8(2)14(15)16-13-11-4-9-3-10(6-11)7-12(13)5-9;1-2-12(15)14-13-10-4-8-3-9(6-10)7-11(13)5-8;1-2-12(14)15-13-6-9-3-10(7-13)5-11(4-9)8-13;1-2-12(14)15-13-10-4-8-3-9(6-10)7-11(13)5-8/h11-15H,2,4-9H2,1,3H3;9-13H,1,3-7H2,2H3,(H,15,16);3,9-12,14H,1,4-8H2,2H3;9-13H,1,3-7H2,2H3;2,8-11,13H,1,3-7H2,(H,14,15);2,9-11H,1,3-8H2;2,8-11,13H,1,3-7H2. The number of ether oxygens (including phenoxy) is 3. The van der Waals surface area contributed by atoms with E-state index in [-0.39, 0.29) is 59.3 Å². The molecule has 0 heterocycles. The van der Waals surface area contributed by atoms with E-state index < -0.39 is 0 Å². The average Bonchev–Trinajstić information content (AvgIpc) is 0.763. The number of carbonyl (C=O) groups excluding carboxylic acids is 7. The normalized spacial score (nSPS) is 44.7. The molecule has 28 bridgehead atoms. The summed E-state index contributed by atoms with van der Waals surface area (Å²) in [6.07, 6.45) is 54.3. The Hall–Kier alpha value is -5.53. The fourth-order valence-corrected chi connectivity index (χ4v) is 31.7. The second-order valence-electron chi connectivity index (χ2n) is 42.1. The number of amides is 4. The summed E-state index contributed by atoms with van der Waals surface area (Å²) in [6.45, 7) is 33.7. The Bertz CT molecular complexity index is 3190. The lowest BCUT2D eigenvalue weighted by molar-refractivity contribution is -0.181. The van der Waals surface area contributed by atoms with E-state index >= 15 is 0 Å². The van der Waals surface area contributed by atoms with Crippen LogP contribution in [0, 0.1) is 160 Å². The van der Waals surface area contributed by atoms with E-state index in [4.69, 9.17) is 14.2 Å². The van der Waals surface area contributed by atoms with Gasteiger partial charge in [0, 0.05) is 66.6 Å². The first-order valence-electron chi connectivity index (χ1n) is 45.6. The van der Waals surface area contributed by atoms with Gasteiger partial charge in [-0.1, -0.05) is 46.1 Å². The molecule has 28 saturated carbocycles. The third-order valence-electron chi connectivity index (χ3n) is 34.0. The summed E-state index contributed by atoms with van der Waals surface area (Å²) in [5, 5.41) is 6.38. The first kappa shape index (κ1) is 80.6. The van der Waals surface area contributed by atoms with E-state index in [9.17, 15) is 33.6 Å². The summed E-state index contributed by atoms with van der Waals surface area (Å²) < 4.78 is 16.8. The largest absolute Gasteiger partial charge is 0.459 e. The molecule has 28 rings (SSSR count). The quantitative estimate of drug-likeness (QED) is 0.0911. The smallest absolute Gasteiger partial charge is 0.333 e. The lowest BCUT2D eigenvalue weighted by Crippen LogP contribution is -2.57. The number of likely N-dealkylation sites (N-methyl/N-ethyl adjacent to an activating group) is 2. The molecule has 0 atom stereocenters. The highest BCUT2D eigenvalue weighted by molar-refractivity contribution is 5.93. The average molecular weight is 1520 g/mol. The van der Waals surface area contributed by atoms with Gasteiger partial charge in [-0.3, -0.25) is 19.2 Å². The molecule has 2 N–H and O–H groups in total. The molecule has 14 heteroatoms. The van der Waals surface area contributed by atoms with Crippen LogP contribution in [-0.4, -0.2) is 107 Å². The molecule has 0 saturated heterocycles. The van der Waals surface area contributed by atoms with Crippen LogP contribution in [0.1, 0.15) is 259 Å². The highest BCUT2D eigenvalue weighted by Crippen LogP contribution is 2.62. The van der Waals surface area contributed by atoms with Gasteiger partial charge in [-0.2, -0.15) is 0 Å². The number of rotatable bonds is 15. The monoisotopic (exact) mass is 1520 g/mol. The zero-order chi connectivity index (χ0) is 78.0. The van der Waals surface area contributed by atoms with Gasteiger partial charge in [0.15, 0.2) is 0 Å². The number of nitrogens with one attached hydrogen (secondary N) is 2. The summed E-state index contributed by atoms with van der Waals surface area (Å²) in [4.78, 5) is 85.5. The van der Waals surface area contributed by atoms with Crippen molar-refractivity contribution in [2.75, 3.05) is 13.6 Å². The molecule has 111 heavy (non-hydrogen) atoms. The maximum Gasteiger partial charge on any atom is 0.333 e. The number of nitrogens with zero attached hydrogens (tertiary/aromatic N) is 2. The molecule has 0 spiro atoms. The van der Waals surface area contributed by atoms with Crippen LogP contribution in [0.5, 0.6) is 0 Å². The van der Waals surface area contributed by atoms with E-state index in [2.05, 4.69) is 68.5 Å². The Morgan fingerprint density at radius 3 is 0.964 bits per heavy atom. The van der Waals surface area contributed by atoms with Crippen LogP contribution in [0.4, 0.5) is 0 Å². The maximum absolute atomic E-state index is 12.3. The molecule has 28 aliphatic carbocycles. The molecule has 0 aliphatic heterocycles. The van der Waals surface area contributed by atoms with Crippen molar-refractivity contribution in [1.29, 1.82) is 0 Å². The van der Waals surface area contributed by atoms with Crippen molar-refractivity contribution in [2.24, 2.45) is 160 Å². The Morgan fingerprint density at radius 2 is 0.667 bits per heavy atom. The lowest BCUT2D eigenvalue weighted by atomic mass is 9.54. The number of carbonyl (C=O) groups is 7. The molecule has 4 amide bonds. The minimum Gasteiger partial charge on any atom is -0.459 e. The van der Waals surface area contributed by atoms with Gasteiger partial charge in [0.25, 0.3) is 0 Å². The SMILES string of the molecule is C=C(C)C(=O)N(CC)C1C2CC3CC(C2)CC1C3.C=C(C)C(=O)NC1C2CC3CC(C2)CC1C3.C=C(C)C(=O)OC1C2CC3CC(C2)CC1C3.C=CC(=O)N(C)C1C2CC3CC(C2)CC1C3.C=CC(=O)NC1C2CC3CC(C2)CC1C3.C=CC(=O)OC12CC3CC(CC(C3)C1)C2.C=CC(=O)OC1C2CC3CC(C2)CC1C3. The third kappa shape index (κ3) is 17.8. The first-order chi connectivity index (χ1) is 53.3. The zero-order valence-corrected chi connectivity index (χ0v) is 69.0. The van der Waals surface area contributed by atoms with Gasteiger partial charge in [0.05, 0.1) is 0 Å². The van der Waals surface area contributed by atoms with Crippen LogP contribution in [0.25, 0.3) is 0 Å². The predicted molar refractivity (Wildman–Crippen MR) is 436 cm³/mol. The Balaban J connectivity index is 0.000000103. The lowest BCUT2D eigenvalue weighted by Gasteiger charge is -2.57. The highest BCUT2D eigenvalue weighted by Gasteiger charge is 2.57.